The summed E-state index contributed by atoms with van der Waals surface area (Å²) in [4.78, 5) is 31.6. The molecular weight excluding hydrogens is 390 g/mol. The van der Waals surface area contributed by atoms with Gasteiger partial charge in [0.2, 0.25) is 11.8 Å². The SMILES string of the molecule is CC(=O)N1CCN([C@H]2CCOC3(CCN(C(=O)C4(c5ccccc5)CC4)CC3)C2)CC1. The Balaban J connectivity index is 1.18. The third kappa shape index (κ3) is 4.00. The van der Waals surface area contributed by atoms with E-state index in [9.17, 15) is 9.59 Å². The zero-order chi connectivity index (χ0) is 21.5. The van der Waals surface area contributed by atoms with Crippen molar-refractivity contribution >= 4 is 11.8 Å². The van der Waals surface area contributed by atoms with Crippen LogP contribution in [0.3, 0.4) is 0 Å². The van der Waals surface area contributed by atoms with Gasteiger partial charge in [-0.25, -0.2) is 0 Å². The Morgan fingerprint density at radius 1 is 0.903 bits per heavy atom. The summed E-state index contributed by atoms with van der Waals surface area (Å²) >= 11 is 0. The van der Waals surface area contributed by atoms with Crippen molar-refractivity contribution in [2.45, 2.75) is 62.5 Å². The number of likely N-dealkylation sites (tertiary alicyclic amines) is 1. The number of rotatable bonds is 3. The van der Waals surface area contributed by atoms with Crippen molar-refractivity contribution in [3.05, 3.63) is 35.9 Å². The molecular formula is C25H35N3O3. The van der Waals surface area contributed by atoms with Gasteiger partial charge in [-0.3, -0.25) is 14.5 Å². The number of benzene rings is 1. The molecule has 1 spiro atoms. The van der Waals surface area contributed by atoms with Gasteiger partial charge in [-0.05, 0) is 44.1 Å². The van der Waals surface area contributed by atoms with Crippen LogP contribution in [0.4, 0.5) is 0 Å². The molecule has 0 aromatic heterocycles. The van der Waals surface area contributed by atoms with E-state index in [1.165, 1.54) is 5.56 Å². The van der Waals surface area contributed by atoms with Crippen LogP contribution in [0.25, 0.3) is 0 Å². The van der Waals surface area contributed by atoms with Crippen molar-refractivity contribution in [1.82, 2.24) is 14.7 Å². The van der Waals surface area contributed by atoms with Crippen molar-refractivity contribution in [1.29, 1.82) is 0 Å². The molecule has 0 unspecified atom stereocenters. The second-order valence-electron chi connectivity index (χ2n) is 9.96. The van der Waals surface area contributed by atoms with Gasteiger partial charge in [-0.2, -0.15) is 0 Å². The zero-order valence-corrected chi connectivity index (χ0v) is 18.7. The number of carbonyl (C=O) groups is 2. The summed E-state index contributed by atoms with van der Waals surface area (Å²) in [6, 6.07) is 10.9. The molecule has 31 heavy (non-hydrogen) atoms. The Morgan fingerprint density at radius 3 is 2.19 bits per heavy atom. The van der Waals surface area contributed by atoms with Crippen molar-refractivity contribution in [3.63, 3.8) is 0 Å². The van der Waals surface area contributed by atoms with Gasteiger partial charge < -0.3 is 14.5 Å². The first-order valence-corrected chi connectivity index (χ1v) is 12.0. The third-order valence-electron chi connectivity index (χ3n) is 8.19. The van der Waals surface area contributed by atoms with Crippen LogP contribution in [-0.4, -0.2) is 84.0 Å². The normalized spacial score (nSPS) is 27.8. The lowest BCUT2D eigenvalue weighted by Gasteiger charge is -2.50. The van der Waals surface area contributed by atoms with E-state index in [2.05, 4.69) is 21.9 Å². The largest absolute Gasteiger partial charge is 0.375 e. The lowest BCUT2D eigenvalue weighted by Crippen LogP contribution is -2.58. The summed E-state index contributed by atoms with van der Waals surface area (Å²) in [6.07, 6.45) is 5.95. The number of piperazine rings is 1. The number of nitrogens with zero attached hydrogens (tertiary/aromatic N) is 3. The lowest BCUT2D eigenvalue weighted by atomic mass is 9.81. The minimum absolute atomic E-state index is 0.0825. The molecule has 168 valence electrons. The van der Waals surface area contributed by atoms with Gasteiger partial charge in [0, 0.05) is 58.8 Å². The topological polar surface area (TPSA) is 53.1 Å². The van der Waals surface area contributed by atoms with Gasteiger partial charge in [0.05, 0.1) is 11.0 Å². The van der Waals surface area contributed by atoms with Crippen LogP contribution in [-0.2, 0) is 19.7 Å². The van der Waals surface area contributed by atoms with Crippen LogP contribution < -0.4 is 0 Å². The predicted octanol–water partition coefficient (Wildman–Crippen LogP) is 2.42. The Bertz CT molecular complexity index is 807. The maximum atomic E-state index is 13.4. The summed E-state index contributed by atoms with van der Waals surface area (Å²) in [5, 5.41) is 0. The smallest absolute Gasteiger partial charge is 0.233 e. The first-order chi connectivity index (χ1) is 15.0. The molecule has 1 atom stereocenters. The van der Waals surface area contributed by atoms with Crippen LogP contribution in [0, 0.1) is 0 Å². The summed E-state index contributed by atoms with van der Waals surface area (Å²) in [7, 11) is 0. The van der Waals surface area contributed by atoms with E-state index in [0.29, 0.717) is 11.9 Å². The minimum atomic E-state index is -0.266. The molecule has 3 heterocycles. The predicted molar refractivity (Wildman–Crippen MR) is 119 cm³/mol. The molecule has 0 bridgehead atoms. The molecule has 4 aliphatic rings. The van der Waals surface area contributed by atoms with E-state index in [4.69, 9.17) is 4.74 Å². The molecule has 2 amide bonds. The number of piperidine rings is 1. The molecule has 3 saturated heterocycles. The van der Waals surface area contributed by atoms with Crippen LogP contribution in [0.5, 0.6) is 0 Å². The Kier molecular flexibility index (Phi) is 5.55. The monoisotopic (exact) mass is 425 g/mol. The van der Waals surface area contributed by atoms with Crippen LogP contribution in [0.2, 0.25) is 0 Å². The second-order valence-corrected chi connectivity index (χ2v) is 9.96. The molecule has 6 heteroatoms. The first kappa shape index (κ1) is 21.0. The quantitative estimate of drug-likeness (QED) is 0.746. The van der Waals surface area contributed by atoms with E-state index >= 15 is 0 Å². The number of carbonyl (C=O) groups excluding carboxylic acids is 2. The van der Waals surface area contributed by atoms with Crippen molar-refractivity contribution in [2.75, 3.05) is 45.9 Å². The van der Waals surface area contributed by atoms with E-state index in [-0.39, 0.29) is 16.9 Å². The third-order valence-corrected chi connectivity index (χ3v) is 8.19. The van der Waals surface area contributed by atoms with Gasteiger partial charge in [-0.15, -0.1) is 0 Å². The van der Waals surface area contributed by atoms with Crippen LogP contribution in [0.15, 0.2) is 30.3 Å². The Hall–Kier alpha value is -1.92. The van der Waals surface area contributed by atoms with Gasteiger partial charge in [-0.1, -0.05) is 30.3 Å². The fraction of sp³-hybridized carbons (Fsp3) is 0.680. The average molecular weight is 426 g/mol. The lowest BCUT2D eigenvalue weighted by molar-refractivity contribution is -0.153. The highest BCUT2D eigenvalue weighted by atomic mass is 16.5. The average Bonchev–Trinajstić information content (AvgIpc) is 3.62. The highest BCUT2D eigenvalue weighted by molar-refractivity contribution is 5.91. The first-order valence-electron chi connectivity index (χ1n) is 12.0. The van der Waals surface area contributed by atoms with E-state index in [1.54, 1.807) is 6.92 Å². The second kappa shape index (κ2) is 8.21. The van der Waals surface area contributed by atoms with Crippen molar-refractivity contribution < 1.29 is 14.3 Å². The summed E-state index contributed by atoms with van der Waals surface area (Å²) in [6.45, 7) is 7.68. The molecule has 1 saturated carbocycles. The molecule has 5 rings (SSSR count). The summed E-state index contributed by atoms with van der Waals surface area (Å²) in [5.41, 5.74) is 0.831. The highest BCUT2D eigenvalue weighted by Gasteiger charge is 2.54. The maximum absolute atomic E-state index is 13.4. The Labute approximate surface area is 185 Å². The number of ether oxygens (including phenoxy) is 1. The maximum Gasteiger partial charge on any atom is 0.233 e. The fourth-order valence-electron chi connectivity index (χ4n) is 5.99. The van der Waals surface area contributed by atoms with Crippen molar-refractivity contribution in [2.24, 2.45) is 0 Å². The molecule has 1 aromatic carbocycles. The Morgan fingerprint density at radius 2 is 1.58 bits per heavy atom. The molecule has 1 aromatic rings. The van der Waals surface area contributed by atoms with E-state index < -0.39 is 0 Å². The highest BCUT2D eigenvalue weighted by Crippen LogP contribution is 2.50. The zero-order valence-electron chi connectivity index (χ0n) is 18.7. The summed E-state index contributed by atoms with van der Waals surface area (Å²) < 4.78 is 6.37. The van der Waals surface area contributed by atoms with Crippen LogP contribution in [0.1, 0.15) is 51.0 Å². The molecule has 0 N–H and O–H groups in total. The number of amides is 2. The minimum Gasteiger partial charge on any atom is -0.375 e. The van der Waals surface area contributed by atoms with E-state index in [0.717, 1.165) is 84.4 Å². The molecule has 0 radical (unpaired) electrons. The van der Waals surface area contributed by atoms with Gasteiger partial charge in [0.15, 0.2) is 0 Å². The van der Waals surface area contributed by atoms with Gasteiger partial charge in [0.1, 0.15) is 0 Å². The molecule has 6 nitrogen and oxygen atoms in total. The van der Waals surface area contributed by atoms with Crippen molar-refractivity contribution in [3.8, 4) is 0 Å². The number of hydrogen-bond donors (Lipinski definition) is 0. The summed E-state index contributed by atoms with van der Waals surface area (Å²) in [5.74, 6) is 0.505. The molecule has 4 fully saturated rings. The fourth-order valence-corrected chi connectivity index (χ4v) is 5.99. The van der Waals surface area contributed by atoms with E-state index in [1.807, 2.05) is 23.1 Å². The molecule has 3 aliphatic heterocycles. The standard InChI is InChI=1S/C25H35N3O3/c1-20(29)26-14-16-27(17-15-26)22-7-18-31-24(19-22)10-12-28(13-11-24)23(30)25(8-9-25)21-5-3-2-4-6-21/h2-6,22H,7-19H2,1H3/t22-/m0/s1. The molecule has 1 aliphatic carbocycles. The van der Waals surface area contributed by atoms with Gasteiger partial charge in [0.25, 0.3) is 0 Å². The number of hydrogen-bond acceptors (Lipinski definition) is 4. The van der Waals surface area contributed by atoms with Gasteiger partial charge >= 0.3 is 0 Å². The van der Waals surface area contributed by atoms with Crippen LogP contribution >= 0.6 is 0 Å².